The smallest absolute Gasteiger partial charge is 0.271 e. The first-order chi connectivity index (χ1) is 15.1. The second-order valence-corrected chi connectivity index (χ2v) is 8.27. The first kappa shape index (κ1) is 21.3. The van der Waals surface area contributed by atoms with Crippen LogP contribution in [0.2, 0.25) is 5.02 Å². The van der Waals surface area contributed by atoms with Gasteiger partial charge in [-0.2, -0.15) is 5.10 Å². The van der Waals surface area contributed by atoms with Crippen LogP contribution in [0.5, 0.6) is 0 Å². The fourth-order valence-corrected chi connectivity index (χ4v) is 4.08. The summed E-state index contributed by atoms with van der Waals surface area (Å²) in [5.41, 5.74) is 4.00. The summed E-state index contributed by atoms with van der Waals surface area (Å²) in [6.45, 7) is 6.75. The van der Waals surface area contributed by atoms with E-state index in [2.05, 4.69) is 21.0 Å². The quantitative estimate of drug-likeness (QED) is 0.533. The molecule has 2 aromatic carbocycles. The van der Waals surface area contributed by atoms with Gasteiger partial charge in [0.2, 0.25) is 0 Å². The van der Waals surface area contributed by atoms with Crippen LogP contribution in [0.25, 0.3) is 6.08 Å². The third kappa shape index (κ3) is 5.63. The summed E-state index contributed by atoms with van der Waals surface area (Å²) in [6.07, 6.45) is 4.22. The van der Waals surface area contributed by atoms with Crippen LogP contribution in [0.15, 0.2) is 66.7 Å². The molecule has 0 atom stereocenters. The van der Waals surface area contributed by atoms with E-state index in [0.717, 1.165) is 61.1 Å². The number of rotatable bonds is 6. The molecule has 5 nitrogen and oxygen atoms in total. The monoisotopic (exact) mass is 434 g/mol. The maximum absolute atomic E-state index is 12.7. The van der Waals surface area contributed by atoms with E-state index in [9.17, 15) is 4.79 Å². The first-order valence-corrected chi connectivity index (χ1v) is 11.0. The number of carbonyl (C=O) groups is 1. The second-order valence-electron chi connectivity index (χ2n) is 7.83. The minimum Gasteiger partial charge on any atom is -0.369 e. The number of allylic oxidation sites excluding steroid dienone is 1. The number of aromatic nitrogens is 2. The van der Waals surface area contributed by atoms with Crippen LogP contribution in [0.3, 0.4) is 0 Å². The summed E-state index contributed by atoms with van der Waals surface area (Å²) < 4.78 is 1.54. The molecule has 1 aliphatic heterocycles. The molecule has 0 radical (unpaired) electrons. The number of anilines is 1. The van der Waals surface area contributed by atoms with Gasteiger partial charge >= 0.3 is 0 Å². The number of hydrogen-bond donors (Lipinski definition) is 0. The Balaban J connectivity index is 1.33. The highest BCUT2D eigenvalue weighted by Gasteiger charge is 2.18. The van der Waals surface area contributed by atoms with Gasteiger partial charge in [0.15, 0.2) is 0 Å². The van der Waals surface area contributed by atoms with Crippen molar-refractivity contribution < 1.29 is 4.79 Å². The predicted molar refractivity (Wildman–Crippen MR) is 127 cm³/mol. The van der Waals surface area contributed by atoms with Gasteiger partial charge in [0.05, 0.1) is 5.69 Å². The summed E-state index contributed by atoms with van der Waals surface area (Å²) in [5, 5.41) is 5.20. The van der Waals surface area contributed by atoms with E-state index in [1.807, 2.05) is 67.6 Å². The van der Waals surface area contributed by atoms with Gasteiger partial charge in [0.25, 0.3) is 5.91 Å². The Morgan fingerprint density at radius 1 is 1.03 bits per heavy atom. The molecule has 0 unspecified atom stereocenters. The lowest BCUT2D eigenvalue weighted by Crippen LogP contribution is -2.47. The Hall–Kier alpha value is -2.89. The number of carbonyl (C=O) groups excluding carboxylic acids is 1. The minimum atomic E-state index is -0.113. The Morgan fingerprint density at radius 2 is 1.81 bits per heavy atom. The molecule has 0 amide bonds. The Labute approximate surface area is 188 Å². The van der Waals surface area contributed by atoms with Gasteiger partial charge < -0.3 is 4.90 Å². The van der Waals surface area contributed by atoms with Crippen molar-refractivity contribution in [1.29, 1.82) is 0 Å². The molecule has 0 aliphatic carbocycles. The van der Waals surface area contributed by atoms with Gasteiger partial charge in [-0.3, -0.25) is 9.69 Å². The summed E-state index contributed by atoms with van der Waals surface area (Å²) in [5.74, 6) is -0.113. The average molecular weight is 435 g/mol. The van der Waals surface area contributed by atoms with Crippen molar-refractivity contribution in [1.82, 2.24) is 14.7 Å². The number of piperazine rings is 1. The lowest BCUT2D eigenvalue weighted by Gasteiger charge is -2.36. The zero-order chi connectivity index (χ0) is 21.6. The van der Waals surface area contributed by atoms with Gasteiger partial charge in [-0.25, -0.2) is 4.68 Å². The van der Waals surface area contributed by atoms with Crippen molar-refractivity contribution in [3.8, 4) is 0 Å². The summed E-state index contributed by atoms with van der Waals surface area (Å²) in [6, 6.07) is 19.9. The van der Waals surface area contributed by atoms with Crippen molar-refractivity contribution in [3.05, 3.63) is 88.7 Å². The van der Waals surface area contributed by atoms with E-state index in [1.165, 1.54) is 10.4 Å². The van der Waals surface area contributed by atoms with Crippen LogP contribution in [-0.4, -0.2) is 53.3 Å². The largest absolute Gasteiger partial charge is 0.369 e. The number of hydrogen-bond acceptors (Lipinski definition) is 4. The fraction of sp³-hybridized carbons (Fsp3) is 0.280. The van der Waals surface area contributed by atoms with Gasteiger partial charge in [0, 0.05) is 61.6 Å². The fourth-order valence-electron chi connectivity index (χ4n) is 3.90. The zero-order valence-electron chi connectivity index (χ0n) is 17.7. The highest BCUT2D eigenvalue weighted by molar-refractivity contribution is 6.30. The predicted octanol–water partition coefficient (Wildman–Crippen LogP) is 4.56. The van der Waals surface area contributed by atoms with Crippen molar-refractivity contribution in [2.45, 2.75) is 13.3 Å². The number of nitrogens with zero attached hydrogens (tertiary/aromatic N) is 4. The molecule has 0 spiro atoms. The first-order valence-electron chi connectivity index (χ1n) is 10.6. The van der Waals surface area contributed by atoms with E-state index >= 15 is 0 Å². The van der Waals surface area contributed by atoms with Gasteiger partial charge in [0.1, 0.15) is 0 Å². The third-order valence-corrected chi connectivity index (χ3v) is 5.80. The molecule has 4 rings (SSSR count). The summed E-state index contributed by atoms with van der Waals surface area (Å²) in [4.78, 5) is 17.5. The molecule has 1 fully saturated rings. The Morgan fingerprint density at radius 3 is 2.55 bits per heavy atom. The van der Waals surface area contributed by atoms with Crippen LogP contribution >= 0.6 is 11.6 Å². The topological polar surface area (TPSA) is 41.4 Å². The number of halogens is 1. The Bertz CT molecular complexity index is 1050. The van der Waals surface area contributed by atoms with Crippen LogP contribution in [-0.2, 0) is 6.42 Å². The van der Waals surface area contributed by atoms with E-state index in [0.29, 0.717) is 0 Å². The maximum atomic E-state index is 12.7. The molecule has 2 heterocycles. The van der Waals surface area contributed by atoms with Crippen molar-refractivity contribution in [2.75, 3.05) is 37.6 Å². The molecule has 0 bridgehead atoms. The van der Waals surface area contributed by atoms with Gasteiger partial charge in [-0.05, 0) is 42.8 Å². The second kappa shape index (κ2) is 9.94. The molecule has 0 N–H and O–H groups in total. The van der Waals surface area contributed by atoms with E-state index < -0.39 is 0 Å². The summed E-state index contributed by atoms with van der Waals surface area (Å²) >= 11 is 6.13. The lowest BCUT2D eigenvalue weighted by atomic mass is 10.2. The van der Waals surface area contributed by atoms with Crippen LogP contribution in [0, 0.1) is 6.92 Å². The molecule has 31 heavy (non-hydrogen) atoms. The molecule has 0 saturated carbocycles. The van der Waals surface area contributed by atoms with Crippen molar-refractivity contribution >= 4 is 29.3 Å². The molecule has 6 heteroatoms. The molecule has 1 saturated heterocycles. The highest BCUT2D eigenvalue weighted by Crippen LogP contribution is 2.21. The van der Waals surface area contributed by atoms with Crippen molar-refractivity contribution in [2.24, 2.45) is 0 Å². The molecular weight excluding hydrogens is 408 g/mol. The van der Waals surface area contributed by atoms with Crippen molar-refractivity contribution in [3.63, 3.8) is 0 Å². The molecular formula is C25H27ClN4O. The summed E-state index contributed by atoms with van der Waals surface area (Å²) in [7, 11) is 0. The van der Waals surface area contributed by atoms with Gasteiger partial charge in [-0.15, -0.1) is 0 Å². The minimum absolute atomic E-state index is 0.113. The van der Waals surface area contributed by atoms with E-state index in [1.54, 1.807) is 6.08 Å². The normalized spacial score (nSPS) is 15.0. The third-order valence-electron chi connectivity index (χ3n) is 5.56. The SMILES string of the molecule is Cc1cc(CCN2CCN(c3cccc(Cl)c3)CC2)n(C(=O)C=Cc2ccccc2)n1. The van der Waals surface area contributed by atoms with E-state index in [4.69, 9.17) is 11.6 Å². The van der Waals surface area contributed by atoms with Gasteiger partial charge in [-0.1, -0.05) is 48.0 Å². The standard InChI is InChI=1S/C25H27ClN4O/c1-20-18-24(30(27-20)25(31)11-10-21-6-3-2-4-7-21)12-13-28-14-16-29(17-15-28)23-9-5-8-22(26)19-23/h2-11,18-19H,12-17H2,1H3. The number of aryl methyl sites for hydroxylation is 1. The lowest BCUT2D eigenvalue weighted by molar-refractivity contribution is 0.0950. The molecule has 1 aromatic heterocycles. The average Bonchev–Trinajstić information content (AvgIpc) is 3.18. The molecule has 3 aromatic rings. The molecule has 1 aliphatic rings. The van der Waals surface area contributed by atoms with Crippen LogP contribution < -0.4 is 4.90 Å². The van der Waals surface area contributed by atoms with Crippen LogP contribution in [0.1, 0.15) is 21.7 Å². The maximum Gasteiger partial charge on any atom is 0.271 e. The number of benzene rings is 2. The van der Waals surface area contributed by atoms with E-state index in [-0.39, 0.29) is 5.91 Å². The highest BCUT2D eigenvalue weighted by atomic mass is 35.5. The van der Waals surface area contributed by atoms with Crippen LogP contribution in [0.4, 0.5) is 5.69 Å². The molecule has 160 valence electrons. The zero-order valence-corrected chi connectivity index (χ0v) is 18.5. The Kier molecular flexibility index (Phi) is 6.85.